The summed E-state index contributed by atoms with van der Waals surface area (Å²) in [6, 6.07) is 4.94. The molecule has 0 spiro atoms. The van der Waals surface area contributed by atoms with Crippen LogP contribution in [0.15, 0.2) is 18.2 Å². The van der Waals surface area contributed by atoms with Crippen molar-refractivity contribution in [1.82, 2.24) is 5.32 Å². The van der Waals surface area contributed by atoms with Crippen LogP contribution in [-0.4, -0.2) is 45.9 Å². The Kier molecular flexibility index (Phi) is 7.80. The Bertz CT molecular complexity index is 537. The van der Waals surface area contributed by atoms with Crippen LogP contribution >= 0.6 is 11.6 Å². The fourth-order valence-electron chi connectivity index (χ4n) is 1.61. The number of hydrogen-bond acceptors (Lipinski definition) is 4. The van der Waals surface area contributed by atoms with E-state index in [0.717, 1.165) is 0 Å². The number of hydrogen-bond donors (Lipinski definition) is 2. The number of amides is 1. The topological polar surface area (TPSA) is 73.6 Å². The van der Waals surface area contributed by atoms with Gasteiger partial charge in [0.05, 0.1) is 24.3 Å². The second-order valence-corrected chi connectivity index (χ2v) is 4.63. The van der Waals surface area contributed by atoms with Gasteiger partial charge >= 0.3 is 0 Å². The first-order valence-corrected chi connectivity index (χ1v) is 6.78. The molecule has 0 radical (unpaired) electrons. The molecule has 0 fully saturated rings. The minimum absolute atomic E-state index is 0.191. The van der Waals surface area contributed by atoms with Gasteiger partial charge in [-0.25, -0.2) is 0 Å². The molecule has 0 aliphatic carbocycles. The summed E-state index contributed by atoms with van der Waals surface area (Å²) in [5, 5.41) is 3.19. The molecule has 1 amide bonds. The standard InChI is InChI=1S/C15H19ClN2O3/c1-20-10-13(21-2)9-18-15(19)12-6-5-11(4-3-7-17)14(16)8-12/h5-6,8,13H,7,9-10,17H2,1-2H3,(H,18,19). The number of rotatable bonds is 6. The number of methoxy groups -OCH3 is 2. The van der Waals surface area contributed by atoms with Crippen LogP contribution in [0.2, 0.25) is 5.02 Å². The largest absolute Gasteiger partial charge is 0.382 e. The molecule has 0 aliphatic rings. The molecule has 1 aromatic rings. The number of ether oxygens (including phenoxy) is 2. The van der Waals surface area contributed by atoms with Gasteiger partial charge in [-0.2, -0.15) is 0 Å². The molecule has 6 heteroatoms. The summed E-state index contributed by atoms with van der Waals surface area (Å²) in [5.41, 5.74) is 6.42. The summed E-state index contributed by atoms with van der Waals surface area (Å²) in [6.45, 7) is 1.02. The van der Waals surface area contributed by atoms with Gasteiger partial charge in [0.25, 0.3) is 5.91 Å². The normalized spacial score (nSPS) is 11.4. The summed E-state index contributed by atoms with van der Waals surface area (Å²) in [4.78, 5) is 12.0. The molecular weight excluding hydrogens is 292 g/mol. The maximum absolute atomic E-state index is 12.0. The molecule has 114 valence electrons. The molecule has 0 heterocycles. The Hall–Kier alpha value is -1.58. The third-order valence-electron chi connectivity index (χ3n) is 2.73. The molecule has 0 saturated heterocycles. The maximum atomic E-state index is 12.0. The fraction of sp³-hybridized carbons (Fsp3) is 0.400. The number of benzene rings is 1. The Morgan fingerprint density at radius 3 is 2.81 bits per heavy atom. The lowest BCUT2D eigenvalue weighted by atomic mass is 10.1. The first-order chi connectivity index (χ1) is 10.1. The molecular formula is C15H19ClN2O3. The van der Waals surface area contributed by atoms with E-state index in [0.29, 0.717) is 29.3 Å². The van der Waals surface area contributed by atoms with Crippen molar-refractivity contribution in [2.24, 2.45) is 5.73 Å². The van der Waals surface area contributed by atoms with E-state index in [4.69, 9.17) is 26.8 Å². The number of carbonyl (C=O) groups is 1. The van der Waals surface area contributed by atoms with Crippen molar-refractivity contribution in [3.8, 4) is 11.8 Å². The highest BCUT2D eigenvalue weighted by molar-refractivity contribution is 6.32. The third-order valence-corrected chi connectivity index (χ3v) is 3.05. The van der Waals surface area contributed by atoms with Crippen LogP contribution in [0.4, 0.5) is 0 Å². The zero-order valence-electron chi connectivity index (χ0n) is 12.1. The van der Waals surface area contributed by atoms with Gasteiger partial charge < -0.3 is 20.5 Å². The van der Waals surface area contributed by atoms with E-state index in [1.54, 1.807) is 32.4 Å². The van der Waals surface area contributed by atoms with Crippen molar-refractivity contribution in [1.29, 1.82) is 0 Å². The van der Waals surface area contributed by atoms with E-state index >= 15 is 0 Å². The zero-order valence-corrected chi connectivity index (χ0v) is 12.9. The molecule has 0 aromatic heterocycles. The summed E-state index contributed by atoms with van der Waals surface area (Å²) >= 11 is 6.08. The summed E-state index contributed by atoms with van der Waals surface area (Å²) < 4.78 is 10.2. The molecule has 5 nitrogen and oxygen atoms in total. The molecule has 0 bridgehead atoms. The Morgan fingerprint density at radius 2 is 2.24 bits per heavy atom. The maximum Gasteiger partial charge on any atom is 0.251 e. The zero-order chi connectivity index (χ0) is 15.7. The average molecular weight is 311 g/mol. The highest BCUT2D eigenvalue weighted by Crippen LogP contribution is 2.17. The van der Waals surface area contributed by atoms with Gasteiger partial charge in [0.1, 0.15) is 0 Å². The quantitative estimate of drug-likeness (QED) is 0.770. The summed E-state index contributed by atoms with van der Waals surface area (Å²) in [7, 11) is 3.15. The Labute approximate surface area is 129 Å². The van der Waals surface area contributed by atoms with E-state index < -0.39 is 0 Å². The minimum Gasteiger partial charge on any atom is -0.382 e. The number of carbonyl (C=O) groups excluding carboxylic acids is 1. The number of nitrogens with two attached hydrogens (primary N) is 1. The van der Waals surface area contributed by atoms with Gasteiger partial charge in [-0.15, -0.1) is 0 Å². The van der Waals surface area contributed by atoms with Crippen molar-refractivity contribution in [2.75, 3.05) is 33.9 Å². The van der Waals surface area contributed by atoms with Crippen molar-refractivity contribution in [3.63, 3.8) is 0 Å². The first kappa shape index (κ1) is 17.5. The highest BCUT2D eigenvalue weighted by atomic mass is 35.5. The predicted octanol–water partition coefficient (Wildman–Crippen LogP) is 1.04. The molecule has 0 aliphatic heterocycles. The van der Waals surface area contributed by atoms with Crippen LogP contribution < -0.4 is 11.1 Å². The molecule has 1 atom stereocenters. The predicted molar refractivity (Wildman–Crippen MR) is 82.4 cm³/mol. The molecule has 1 unspecified atom stereocenters. The fourth-order valence-corrected chi connectivity index (χ4v) is 1.84. The smallest absolute Gasteiger partial charge is 0.251 e. The van der Waals surface area contributed by atoms with Gasteiger partial charge in [0.2, 0.25) is 0 Å². The van der Waals surface area contributed by atoms with Crippen LogP contribution in [-0.2, 0) is 9.47 Å². The molecule has 3 N–H and O–H groups in total. The summed E-state index contributed by atoms with van der Waals surface area (Å²) in [5.74, 6) is 5.33. The van der Waals surface area contributed by atoms with Crippen LogP contribution in [0.3, 0.4) is 0 Å². The minimum atomic E-state index is -0.228. The van der Waals surface area contributed by atoms with Gasteiger partial charge in [0.15, 0.2) is 0 Å². The SMILES string of the molecule is COCC(CNC(=O)c1ccc(C#CCN)c(Cl)c1)OC. The monoisotopic (exact) mass is 310 g/mol. The third kappa shape index (κ3) is 5.74. The number of halogens is 1. The van der Waals surface area contributed by atoms with Crippen LogP contribution in [0.5, 0.6) is 0 Å². The van der Waals surface area contributed by atoms with Crippen molar-refractivity contribution >= 4 is 17.5 Å². The molecule has 1 rings (SSSR count). The molecule has 1 aromatic carbocycles. The van der Waals surface area contributed by atoms with E-state index in [1.807, 2.05) is 0 Å². The Morgan fingerprint density at radius 1 is 1.48 bits per heavy atom. The van der Waals surface area contributed by atoms with Crippen LogP contribution in [0.25, 0.3) is 0 Å². The van der Waals surface area contributed by atoms with E-state index in [-0.39, 0.29) is 18.6 Å². The van der Waals surface area contributed by atoms with Gasteiger partial charge in [-0.05, 0) is 18.2 Å². The van der Waals surface area contributed by atoms with Crippen molar-refractivity contribution < 1.29 is 14.3 Å². The second-order valence-electron chi connectivity index (χ2n) is 4.22. The van der Waals surface area contributed by atoms with Gasteiger partial charge in [0, 0.05) is 31.9 Å². The highest BCUT2D eigenvalue weighted by Gasteiger charge is 2.11. The second kappa shape index (κ2) is 9.37. The van der Waals surface area contributed by atoms with E-state index in [1.165, 1.54) is 0 Å². The van der Waals surface area contributed by atoms with E-state index in [9.17, 15) is 4.79 Å². The Balaban J connectivity index is 2.68. The lowest BCUT2D eigenvalue weighted by molar-refractivity contribution is 0.0285. The number of nitrogens with one attached hydrogen (secondary N) is 1. The summed E-state index contributed by atoms with van der Waals surface area (Å²) in [6.07, 6.45) is -0.191. The van der Waals surface area contributed by atoms with Crippen LogP contribution in [0.1, 0.15) is 15.9 Å². The average Bonchev–Trinajstić information content (AvgIpc) is 2.49. The van der Waals surface area contributed by atoms with Gasteiger partial charge in [-0.3, -0.25) is 4.79 Å². The van der Waals surface area contributed by atoms with Crippen molar-refractivity contribution in [3.05, 3.63) is 34.3 Å². The van der Waals surface area contributed by atoms with Gasteiger partial charge in [-0.1, -0.05) is 23.4 Å². The lowest BCUT2D eigenvalue weighted by Gasteiger charge is -2.15. The molecule has 0 saturated carbocycles. The van der Waals surface area contributed by atoms with Crippen LogP contribution in [0, 0.1) is 11.8 Å². The first-order valence-electron chi connectivity index (χ1n) is 6.40. The van der Waals surface area contributed by atoms with Crippen molar-refractivity contribution in [2.45, 2.75) is 6.10 Å². The molecule has 21 heavy (non-hydrogen) atoms. The van der Waals surface area contributed by atoms with E-state index in [2.05, 4.69) is 17.2 Å². The lowest BCUT2D eigenvalue weighted by Crippen LogP contribution is -2.35.